The van der Waals surface area contributed by atoms with Crippen molar-refractivity contribution < 1.29 is 9.90 Å². The summed E-state index contributed by atoms with van der Waals surface area (Å²) < 4.78 is 1.98. The van der Waals surface area contributed by atoms with Gasteiger partial charge in [-0.15, -0.1) is 0 Å². The first-order valence-corrected chi connectivity index (χ1v) is 6.36. The Hall–Kier alpha value is -2.62. The van der Waals surface area contributed by atoms with Crippen molar-refractivity contribution in [2.75, 3.05) is 0 Å². The van der Waals surface area contributed by atoms with Crippen LogP contribution >= 0.6 is 0 Å². The number of aryl methyl sites for hydroxylation is 2. The fourth-order valence-electron chi connectivity index (χ4n) is 2.42. The molecule has 0 radical (unpaired) electrons. The molecule has 2 aromatic carbocycles. The predicted molar refractivity (Wildman–Crippen MR) is 77.5 cm³/mol. The molecule has 0 aliphatic rings. The molecule has 0 aliphatic carbocycles. The van der Waals surface area contributed by atoms with E-state index in [0.717, 1.165) is 28.1 Å². The summed E-state index contributed by atoms with van der Waals surface area (Å²) in [5, 5.41) is 9.13. The number of aromatic nitrogens is 2. The zero-order chi connectivity index (χ0) is 14.3. The largest absolute Gasteiger partial charge is 0.478 e. The topological polar surface area (TPSA) is 55.1 Å². The Morgan fingerprint density at radius 3 is 2.65 bits per heavy atom. The molecule has 0 unspecified atom stereocenters. The molecular weight excluding hydrogens is 252 g/mol. The van der Waals surface area contributed by atoms with Crippen LogP contribution in [0.3, 0.4) is 0 Å². The van der Waals surface area contributed by atoms with Crippen molar-refractivity contribution in [3.63, 3.8) is 0 Å². The average molecular weight is 266 g/mol. The Morgan fingerprint density at radius 2 is 1.95 bits per heavy atom. The second-order valence-electron chi connectivity index (χ2n) is 4.84. The molecule has 0 saturated heterocycles. The second-order valence-corrected chi connectivity index (χ2v) is 4.84. The lowest BCUT2D eigenvalue weighted by Crippen LogP contribution is -1.99. The summed E-state index contributed by atoms with van der Waals surface area (Å²) in [6, 6.07) is 13.1. The van der Waals surface area contributed by atoms with Crippen LogP contribution in [0, 0.1) is 13.8 Å². The number of fused-ring (bicyclic) bond motifs is 1. The molecule has 20 heavy (non-hydrogen) atoms. The van der Waals surface area contributed by atoms with E-state index in [9.17, 15) is 4.79 Å². The van der Waals surface area contributed by atoms with E-state index in [1.807, 2.05) is 36.6 Å². The van der Waals surface area contributed by atoms with Gasteiger partial charge >= 0.3 is 5.97 Å². The number of carboxylic acid groups (broad SMARTS) is 1. The highest BCUT2D eigenvalue weighted by atomic mass is 16.4. The van der Waals surface area contributed by atoms with Crippen molar-refractivity contribution in [2.45, 2.75) is 13.8 Å². The molecule has 0 fully saturated rings. The molecule has 0 spiro atoms. The normalized spacial score (nSPS) is 10.9. The van der Waals surface area contributed by atoms with Crippen molar-refractivity contribution >= 4 is 17.0 Å². The monoisotopic (exact) mass is 266 g/mol. The summed E-state index contributed by atoms with van der Waals surface area (Å²) in [6.07, 6.45) is 0. The predicted octanol–water partition coefficient (Wildman–Crippen LogP) is 3.34. The summed E-state index contributed by atoms with van der Waals surface area (Å²) >= 11 is 0. The number of benzene rings is 2. The molecule has 1 heterocycles. The number of hydrogen-bond donors (Lipinski definition) is 1. The van der Waals surface area contributed by atoms with Gasteiger partial charge in [-0.3, -0.25) is 4.57 Å². The molecule has 1 aromatic heterocycles. The van der Waals surface area contributed by atoms with E-state index < -0.39 is 5.97 Å². The lowest BCUT2D eigenvalue weighted by Gasteiger charge is -2.08. The standard InChI is InChI=1S/C16H14N2O2/c1-10-4-3-5-13(8-10)18-11(2)17-14-7-6-12(16(19)20)9-15(14)18/h3-9H,1-2H3,(H,19,20). The number of rotatable bonds is 2. The third kappa shape index (κ3) is 1.95. The SMILES string of the molecule is Cc1cccc(-n2c(C)nc3ccc(C(=O)O)cc32)c1. The number of hydrogen-bond acceptors (Lipinski definition) is 2. The highest BCUT2D eigenvalue weighted by Gasteiger charge is 2.12. The summed E-state index contributed by atoms with van der Waals surface area (Å²) in [5.41, 5.74) is 4.03. The van der Waals surface area contributed by atoms with Gasteiger partial charge in [-0.2, -0.15) is 0 Å². The van der Waals surface area contributed by atoms with Crippen LogP contribution in [-0.4, -0.2) is 20.6 Å². The van der Waals surface area contributed by atoms with Crippen molar-refractivity contribution in [3.8, 4) is 5.69 Å². The summed E-state index contributed by atoms with van der Waals surface area (Å²) in [6.45, 7) is 3.95. The van der Waals surface area contributed by atoms with E-state index in [4.69, 9.17) is 5.11 Å². The third-order valence-electron chi connectivity index (χ3n) is 3.33. The average Bonchev–Trinajstić information content (AvgIpc) is 2.73. The number of carbonyl (C=O) groups is 1. The van der Waals surface area contributed by atoms with Crippen LogP contribution in [-0.2, 0) is 0 Å². The van der Waals surface area contributed by atoms with E-state index >= 15 is 0 Å². The fourth-order valence-corrected chi connectivity index (χ4v) is 2.42. The Kier molecular flexibility index (Phi) is 2.79. The Labute approximate surface area is 116 Å². The zero-order valence-corrected chi connectivity index (χ0v) is 11.3. The van der Waals surface area contributed by atoms with Crippen molar-refractivity contribution in [3.05, 3.63) is 59.4 Å². The first-order valence-electron chi connectivity index (χ1n) is 6.36. The van der Waals surface area contributed by atoms with E-state index in [2.05, 4.69) is 11.1 Å². The zero-order valence-electron chi connectivity index (χ0n) is 11.3. The van der Waals surface area contributed by atoms with Gasteiger partial charge in [-0.05, 0) is 49.7 Å². The summed E-state index contributed by atoms with van der Waals surface area (Å²) in [5.74, 6) is -0.0883. The number of nitrogens with zero attached hydrogens (tertiary/aromatic N) is 2. The maximum atomic E-state index is 11.1. The molecule has 100 valence electrons. The smallest absolute Gasteiger partial charge is 0.335 e. The van der Waals surface area contributed by atoms with Crippen molar-refractivity contribution in [1.29, 1.82) is 0 Å². The van der Waals surface area contributed by atoms with Gasteiger partial charge in [-0.25, -0.2) is 9.78 Å². The molecule has 0 atom stereocenters. The van der Waals surface area contributed by atoms with Crippen LogP contribution in [0.5, 0.6) is 0 Å². The molecule has 3 rings (SSSR count). The minimum atomic E-state index is -0.929. The van der Waals surface area contributed by atoms with Crippen LogP contribution in [0.15, 0.2) is 42.5 Å². The summed E-state index contributed by atoms with van der Waals surface area (Å²) in [4.78, 5) is 15.6. The molecule has 0 bridgehead atoms. The first kappa shape index (κ1) is 12.4. The second kappa shape index (κ2) is 4.49. The lowest BCUT2D eigenvalue weighted by atomic mass is 10.2. The van der Waals surface area contributed by atoms with Gasteiger partial charge in [0, 0.05) is 5.69 Å². The van der Waals surface area contributed by atoms with Crippen LogP contribution in [0.4, 0.5) is 0 Å². The molecule has 0 aliphatic heterocycles. The first-order chi connectivity index (χ1) is 9.56. The van der Waals surface area contributed by atoms with Gasteiger partial charge in [0.2, 0.25) is 0 Å². The Morgan fingerprint density at radius 1 is 1.15 bits per heavy atom. The van der Waals surface area contributed by atoms with Gasteiger partial charge < -0.3 is 5.11 Å². The highest BCUT2D eigenvalue weighted by molar-refractivity contribution is 5.93. The molecular formula is C16H14N2O2. The van der Waals surface area contributed by atoms with E-state index in [1.165, 1.54) is 0 Å². The Balaban J connectivity index is 2.31. The molecule has 1 N–H and O–H groups in total. The van der Waals surface area contributed by atoms with Gasteiger partial charge in [0.15, 0.2) is 0 Å². The summed E-state index contributed by atoms with van der Waals surface area (Å²) in [7, 11) is 0. The highest BCUT2D eigenvalue weighted by Crippen LogP contribution is 2.23. The molecule has 4 nitrogen and oxygen atoms in total. The molecule has 4 heteroatoms. The molecule has 0 saturated carbocycles. The maximum Gasteiger partial charge on any atom is 0.335 e. The minimum absolute atomic E-state index is 0.270. The molecule has 3 aromatic rings. The van der Waals surface area contributed by atoms with Crippen LogP contribution in [0.25, 0.3) is 16.7 Å². The van der Waals surface area contributed by atoms with Gasteiger partial charge in [-0.1, -0.05) is 12.1 Å². The van der Waals surface area contributed by atoms with E-state index in [1.54, 1.807) is 18.2 Å². The van der Waals surface area contributed by atoms with Crippen LogP contribution < -0.4 is 0 Å². The van der Waals surface area contributed by atoms with Crippen molar-refractivity contribution in [1.82, 2.24) is 9.55 Å². The van der Waals surface area contributed by atoms with Crippen LogP contribution in [0.1, 0.15) is 21.7 Å². The maximum absolute atomic E-state index is 11.1. The van der Waals surface area contributed by atoms with Gasteiger partial charge in [0.05, 0.1) is 16.6 Å². The van der Waals surface area contributed by atoms with Crippen LogP contribution in [0.2, 0.25) is 0 Å². The number of carboxylic acids is 1. The minimum Gasteiger partial charge on any atom is -0.478 e. The van der Waals surface area contributed by atoms with E-state index in [-0.39, 0.29) is 5.56 Å². The van der Waals surface area contributed by atoms with Gasteiger partial charge in [0.25, 0.3) is 0 Å². The lowest BCUT2D eigenvalue weighted by molar-refractivity contribution is 0.0697. The van der Waals surface area contributed by atoms with Gasteiger partial charge in [0.1, 0.15) is 5.82 Å². The number of imidazole rings is 1. The fraction of sp³-hybridized carbons (Fsp3) is 0.125. The third-order valence-corrected chi connectivity index (χ3v) is 3.33. The quantitative estimate of drug-likeness (QED) is 0.774. The van der Waals surface area contributed by atoms with Crippen molar-refractivity contribution in [2.24, 2.45) is 0 Å². The molecule has 0 amide bonds. The number of aromatic carboxylic acids is 1. The Bertz CT molecular complexity index is 818. The van der Waals surface area contributed by atoms with E-state index in [0.29, 0.717) is 0 Å².